The number of aromatic nitrogens is 3. The fourth-order valence-corrected chi connectivity index (χ4v) is 2.04. The van der Waals surface area contributed by atoms with Crippen LogP contribution in [0.4, 0.5) is 13.2 Å². The molecule has 1 amide bonds. The van der Waals surface area contributed by atoms with Crippen LogP contribution in [-0.2, 0) is 6.18 Å². The third-order valence-electron chi connectivity index (χ3n) is 2.33. The number of carbonyl (C=O) groups excluding carboxylic acids is 1. The zero-order chi connectivity index (χ0) is 14.2. The van der Waals surface area contributed by atoms with E-state index < -0.39 is 17.6 Å². The van der Waals surface area contributed by atoms with Gasteiger partial charge in [-0.1, -0.05) is 22.0 Å². The van der Waals surface area contributed by atoms with Crippen molar-refractivity contribution in [2.75, 3.05) is 0 Å². The Labute approximate surface area is 113 Å². The monoisotopic (exact) mass is 334 g/mol. The SMILES string of the molecule is NC(=O)c1n[nH]nc1-c1ccc(C(F)(F)F)cc1Br. The van der Waals surface area contributed by atoms with E-state index in [-0.39, 0.29) is 21.4 Å². The zero-order valence-corrected chi connectivity index (χ0v) is 10.7. The normalized spacial score (nSPS) is 11.6. The van der Waals surface area contributed by atoms with Gasteiger partial charge >= 0.3 is 6.18 Å². The largest absolute Gasteiger partial charge is 0.416 e. The van der Waals surface area contributed by atoms with Crippen molar-refractivity contribution in [1.29, 1.82) is 0 Å². The zero-order valence-electron chi connectivity index (χ0n) is 9.12. The molecule has 0 atom stereocenters. The molecule has 0 unspecified atom stereocenters. The van der Waals surface area contributed by atoms with Crippen LogP contribution in [0.2, 0.25) is 0 Å². The van der Waals surface area contributed by atoms with Crippen LogP contribution in [0.1, 0.15) is 16.1 Å². The molecule has 2 rings (SSSR count). The van der Waals surface area contributed by atoms with Gasteiger partial charge in [0.15, 0.2) is 5.69 Å². The smallest absolute Gasteiger partial charge is 0.364 e. The Morgan fingerprint density at radius 2 is 2.00 bits per heavy atom. The predicted molar refractivity (Wildman–Crippen MR) is 63.0 cm³/mol. The number of hydrogen-bond acceptors (Lipinski definition) is 3. The highest BCUT2D eigenvalue weighted by Crippen LogP contribution is 2.35. The third-order valence-corrected chi connectivity index (χ3v) is 2.99. The van der Waals surface area contributed by atoms with Gasteiger partial charge in [-0.2, -0.15) is 28.6 Å². The minimum atomic E-state index is -4.45. The fourth-order valence-electron chi connectivity index (χ4n) is 1.47. The summed E-state index contributed by atoms with van der Waals surface area (Å²) in [5.74, 6) is -0.824. The first-order valence-corrected chi connectivity index (χ1v) is 5.67. The molecule has 5 nitrogen and oxygen atoms in total. The van der Waals surface area contributed by atoms with Gasteiger partial charge in [-0.15, -0.1) is 0 Å². The van der Waals surface area contributed by atoms with E-state index in [1.54, 1.807) is 0 Å². The first kappa shape index (κ1) is 13.5. The van der Waals surface area contributed by atoms with Gasteiger partial charge in [-0.3, -0.25) is 4.79 Å². The van der Waals surface area contributed by atoms with Crippen LogP contribution in [0.5, 0.6) is 0 Å². The van der Waals surface area contributed by atoms with Crippen LogP contribution in [0.25, 0.3) is 11.3 Å². The summed E-state index contributed by atoms with van der Waals surface area (Å²) in [4.78, 5) is 11.1. The number of primary amides is 1. The number of H-pyrrole nitrogens is 1. The molecule has 0 aliphatic rings. The second-order valence-corrected chi connectivity index (χ2v) is 4.43. The van der Waals surface area contributed by atoms with E-state index in [4.69, 9.17) is 5.73 Å². The first-order chi connectivity index (χ1) is 8.80. The Morgan fingerprint density at radius 3 is 2.53 bits per heavy atom. The molecule has 0 fully saturated rings. The number of nitrogens with two attached hydrogens (primary N) is 1. The summed E-state index contributed by atoms with van der Waals surface area (Å²) in [6.45, 7) is 0. The van der Waals surface area contributed by atoms with E-state index >= 15 is 0 Å². The van der Waals surface area contributed by atoms with Crippen molar-refractivity contribution in [3.63, 3.8) is 0 Å². The summed E-state index contributed by atoms with van der Waals surface area (Å²) in [6.07, 6.45) is -4.45. The van der Waals surface area contributed by atoms with Crippen molar-refractivity contribution < 1.29 is 18.0 Å². The molecule has 0 aliphatic heterocycles. The van der Waals surface area contributed by atoms with Crippen LogP contribution < -0.4 is 5.73 Å². The molecule has 100 valence electrons. The lowest BCUT2D eigenvalue weighted by molar-refractivity contribution is -0.137. The number of rotatable bonds is 2. The number of hydrogen-bond donors (Lipinski definition) is 2. The summed E-state index contributed by atoms with van der Waals surface area (Å²) in [7, 11) is 0. The molecule has 1 heterocycles. The van der Waals surface area contributed by atoms with Crippen molar-refractivity contribution in [3.8, 4) is 11.3 Å². The molecular weight excluding hydrogens is 329 g/mol. The van der Waals surface area contributed by atoms with Crippen LogP contribution in [-0.4, -0.2) is 21.3 Å². The van der Waals surface area contributed by atoms with Gasteiger partial charge in [-0.05, 0) is 12.1 Å². The molecular formula is C10H6BrF3N4O. The van der Waals surface area contributed by atoms with Crippen LogP contribution >= 0.6 is 15.9 Å². The van der Waals surface area contributed by atoms with Crippen molar-refractivity contribution in [1.82, 2.24) is 15.4 Å². The van der Waals surface area contributed by atoms with E-state index in [1.165, 1.54) is 6.07 Å². The third kappa shape index (κ3) is 2.60. The maximum absolute atomic E-state index is 12.5. The van der Waals surface area contributed by atoms with E-state index in [0.29, 0.717) is 0 Å². The highest BCUT2D eigenvalue weighted by atomic mass is 79.9. The molecule has 0 bridgehead atoms. The van der Waals surface area contributed by atoms with Gasteiger partial charge in [0.25, 0.3) is 5.91 Å². The lowest BCUT2D eigenvalue weighted by Gasteiger charge is -2.09. The number of nitrogens with zero attached hydrogens (tertiary/aromatic N) is 2. The molecule has 1 aromatic carbocycles. The Morgan fingerprint density at radius 1 is 1.32 bits per heavy atom. The summed E-state index contributed by atoms with van der Waals surface area (Å²) in [5.41, 5.74) is 4.52. The van der Waals surface area contributed by atoms with Crippen LogP contribution in [0, 0.1) is 0 Å². The maximum Gasteiger partial charge on any atom is 0.416 e. The van der Waals surface area contributed by atoms with Gasteiger partial charge < -0.3 is 5.73 Å². The number of aromatic amines is 1. The van der Waals surface area contributed by atoms with Crippen molar-refractivity contribution in [2.24, 2.45) is 5.73 Å². The predicted octanol–water partition coefficient (Wildman–Crippen LogP) is 2.35. The Balaban J connectivity index is 2.53. The number of alkyl halides is 3. The second-order valence-electron chi connectivity index (χ2n) is 3.58. The van der Waals surface area contributed by atoms with E-state index in [2.05, 4.69) is 31.3 Å². The number of nitrogens with one attached hydrogen (secondary N) is 1. The molecule has 2 aromatic rings. The van der Waals surface area contributed by atoms with E-state index in [0.717, 1.165) is 12.1 Å². The molecule has 1 aromatic heterocycles. The highest BCUT2D eigenvalue weighted by Gasteiger charge is 2.31. The van der Waals surface area contributed by atoms with Gasteiger partial charge in [0, 0.05) is 10.0 Å². The average molecular weight is 335 g/mol. The minimum absolute atomic E-state index is 0.0908. The number of carbonyl (C=O) groups is 1. The van der Waals surface area contributed by atoms with Gasteiger partial charge in [-0.25, -0.2) is 0 Å². The van der Waals surface area contributed by atoms with Crippen LogP contribution in [0.15, 0.2) is 22.7 Å². The number of halogens is 4. The average Bonchev–Trinajstić information content (AvgIpc) is 2.76. The fraction of sp³-hybridized carbons (Fsp3) is 0.100. The first-order valence-electron chi connectivity index (χ1n) is 4.88. The Hall–Kier alpha value is -1.90. The Bertz CT molecular complexity index is 638. The molecule has 0 saturated heterocycles. The van der Waals surface area contributed by atoms with Gasteiger partial charge in [0.2, 0.25) is 0 Å². The molecule has 0 radical (unpaired) electrons. The summed E-state index contributed by atoms with van der Waals surface area (Å²) >= 11 is 3.01. The maximum atomic E-state index is 12.5. The summed E-state index contributed by atoms with van der Waals surface area (Å²) in [5, 5.41) is 9.47. The Kier molecular flexibility index (Phi) is 3.31. The van der Waals surface area contributed by atoms with Crippen molar-refractivity contribution >= 4 is 21.8 Å². The lowest BCUT2D eigenvalue weighted by atomic mass is 10.1. The molecule has 0 saturated carbocycles. The molecule has 0 spiro atoms. The van der Waals surface area contributed by atoms with Gasteiger partial charge in [0.05, 0.1) is 5.56 Å². The van der Waals surface area contributed by atoms with Crippen LogP contribution in [0.3, 0.4) is 0 Å². The van der Waals surface area contributed by atoms with Crippen molar-refractivity contribution in [2.45, 2.75) is 6.18 Å². The van der Waals surface area contributed by atoms with E-state index in [1.807, 2.05) is 0 Å². The van der Waals surface area contributed by atoms with E-state index in [9.17, 15) is 18.0 Å². The summed E-state index contributed by atoms with van der Waals surface area (Å²) in [6, 6.07) is 2.98. The lowest BCUT2D eigenvalue weighted by Crippen LogP contribution is -2.13. The molecule has 0 aliphatic carbocycles. The number of benzene rings is 1. The molecule has 19 heavy (non-hydrogen) atoms. The quantitative estimate of drug-likeness (QED) is 0.884. The summed E-state index contributed by atoms with van der Waals surface area (Å²) < 4.78 is 37.7. The highest BCUT2D eigenvalue weighted by molar-refractivity contribution is 9.10. The second kappa shape index (κ2) is 4.65. The van der Waals surface area contributed by atoms with Gasteiger partial charge in [0.1, 0.15) is 5.69 Å². The molecule has 9 heteroatoms. The standard InChI is InChI=1S/C10H6BrF3N4O/c11-6-3-4(10(12,13)14)1-2-5(6)7-8(9(15)19)17-18-16-7/h1-3H,(H2,15,19)(H,16,17,18). The molecule has 3 N–H and O–H groups in total. The minimum Gasteiger partial charge on any atom is -0.364 e. The number of amides is 1. The topological polar surface area (TPSA) is 84.7 Å². The van der Waals surface area contributed by atoms with Crippen molar-refractivity contribution in [3.05, 3.63) is 33.9 Å².